The zero-order valence-electron chi connectivity index (χ0n) is 7.92. The van der Waals surface area contributed by atoms with Gasteiger partial charge in [-0.2, -0.15) is 0 Å². The van der Waals surface area contributed by atoms with Gasteiger partial charge in [-0.1, -0.05) is 0 Å². The van der Waals surface area contributed by atoms with Crippen molar-refractivity contribution in [2.75, 3.05) is 6.26 Å². The molecule has 0 bridgehead atoms. The normalized spacial score (nSPS) is 11.2. The molecule has 1 rings (SSSR count). The molecule has 0 saturated carbocycles. The Kier molecular flexibility index (Phi) is 3.22. The maximum Gasteiger partial charge on any atom is 0.267 e. The van der Waals surface area contributed by atoms with Gasteiger partial charge in [0.15, 0.2) is 11.6 Å². The number of carbonyl (C=O) groups excluding carboxylic acids is 1. The molecule has 1 aromatic rings. The SMILES string of the molecule is CS(=O)(=O)NC(=O)c1cc(F)cc(F)c1F. The van der Waals surface area contributed by atoms with E-state index >= 15 is 0 Å². The molecule has 0 heterocycles. The fourth-order valence-electron chi connectivity index (χ4n) is 0.945. The fourth-order valence-corrected chi connectivity index (χ4v) is 1.39. The molecule has 0 fully saturated rings. The second-order valence-corrected chi connectivity index (χ2v) is 4.70. The second-order valence-electron chi connectivity index (χ2n) is 2.95. The Morgan fingerprint density at radius 1 is 1.25 bits per heavy atom. The summed E-state index contributed by atoms with van der Waals surface area (Å²) in [6.07, 6.45) is 0.651. The van der Waals surface area contributed by atoms with Gasteiger partial charge in [0, 0.05) is 6.07 Å². The van der Waals surface area contributed by atoms with Crippen molar-refractivity contribution < 1.29 is 26.4 Å². The molecule has 16 heavy (non-hydrogen) atoms. The van der Waals surface area contributed by atoms with E-state index in [9.17, 15) is 26.4 Å². The van der Waals surface area contributed by atoms with Crippen molar-refractivity contribution in [2.45, 2.75) is 0 Å². The van der Waals surface area contributed by atoms with Crippen LogP contribution in [0.3, 0.4) is 0 Å². The van der Waals surface area contributed by atoms with E-state index in [1.54, 1.807) is 0 Å². The lowest BCUT2D eigenvalue weighted by Gasteiger charge is -2.04. The lowest BCUT2D eigenvalue weighted by Crippen LogP contribution is -2.30. The van der Waals surface area contributed by atoms with Crippen LogP contribution < -0.4 is 4.72 Å². The summed E-state index contributed by atoms with van der Waals surface area (Å²) in [4.78, 5) is 11.1. The standard InChI is InChI=1S/C8H6F3NO3S/c1-16(14,15)12-8(13)5-2-4(9)3-6(10)7(5)11/h2-3H,1H3,(H,12,13). The third-order valence-electron chi connectivity index (χ3n) is 1.52. The molecule has 88 valence electrons. The van der Waals surface area contributed by atoms with Crippen LogP contribution in [0.25, 0.3) is 0 Å². The molecular formula is C8H6F3NO3S. The van der Waals surface area contributed by atoms with Crippen LogP contribution in [-0.4, -0.2) is 20.6 Å². The Morgan fingerprint density at radius 3 is 2.31 bits per heavy atom. The lowest BCUT2D eigenvalue weighted by molar-refractivity contribution is 0.0976. The average Bonchev–Trinajstić information content (AvgIpc) is 2.08. The van der Waals surface area contributed by atoms with Gasteiger partial charge in [-0.3, -0.25) is 4.79 Å². The predicted molar refractivity (Wildman–Crippen MR) is 48.6 cm³/mol. The first-order chi connectivity index (χ1) is 7.20. The van der Waals surface area contributed by atoms with Gasteiger partial charge in [-0.15, -0.1) is 0 Å². The molecule has 0 atom stereocenters. The Balaban J connectivity index is 3.19. The van der Waals surface area contributed by atoms with Crippen LogP contribution in [0.2, 0.25) is 0 Å². The molecule has 0 spiro atoms. The highest BCUT2D eigenvalue weighted by molar-refractivity contribution is 7.89. The lowest BCUT2D eigenvalue weighted by atomic mass is 10.2. The maximum atomic E-state index is 13.0. The first-order valence-corrected chi connectivity index (χ1v) is 5.76. The van der Waals surface area contributed by atoms with Crippen molar-refractivity contribution >= 4 is 15.9 Å². The van der Waals surface area contributed by atoms with Crippen LogP contribution in [0.5, 0.6) is 0 Å². The molecule has 0 aromatic heterocycles. The number of hydrogen-bond donors (Lipinski definition) is 1. The van der Waals surface area contributed by atoms with E-state index in [4.69, 9.17) is 0 Å². The summed E-state index contributed by atoms with van der Waals surface area (Å²) in [6.45, 7) is 0. The van der Waals surface area contributed by atoms with E-state index in [0.29, 0.717) is 12.3 Å². The van der Waals surface area contributed by atoms with Crippen molar-refractivity contribution in [3.8, 4) is 0 Å². The van der Waals surface area contributed by atoms with E-state index in [1.165, 1.54) is 4.72 Å². The van der Waals surface area contributed by atoms with Crippen LogP contribution in [0.4, 0.5) is 13.2 Å². The third-order valence-corrected chi connectivity index (χ3v) is 2.07. The Hall–Kier alpha value is -1.57. The van der Waals surface area contributed by atoms with Crippen molar-refractivity contribution in [2.24, 2.45) is 0 Å². The summed E-state index contributed by atoms with van der Waals surface area (Å²) in [5.74, 6) is -5.79. The number of rotatable bonds is 2. The quantitative estimate of drug-likeness (QED) is 0.793. The number of amides is 1. The van der Waals surface area contributed by atoms with Crippen LogP contribution in [0, 0.1) is 17.5 Å². The van der Waals surface area contributed by atoms with E-state index in [2.05, 4.69) is 0 Å². The van der Waals surface area contributed by atoms with Gasteiger partial charge in [0.1, 0.15) is 5.82 Å². The molecule has 1 aromatic carbocycles. The number of nitrogens with one attached hydrogen (secondary N) is 1. The van der Waals surface area contributed by atoms with Crippen molar-refractivity contribution in [1.82, 2.24) is 4.72 Å². The molecular weight excluding hydrogens is 247 g/mol. The fraction of sp³-hybridized carbons (Fsp3) is 0.125. The maximum absolute atomic E-state index is 13.0. The van der Waals surface area contributed by atoms with E-state index in [1.807, 2.05) is 0 Å². The topological polar surface area (TPSA) is 63.2 Å². The zero-order valence-corrected chi connectivity index (χ0v) is 8.74. The number of sulfonamides is 1. The first-order valence-electron chi connectivity index (χ1n) is 3.87. The van der Waals surface area contributed by atoms with Gasteiger partial charge in [0.05, 0.1) is 11.8 Å². The summed E-state index contributed by atoms with van der Waals surface area (Å²) in [5, 5.41) is 0. The molecule has 0 aliphatic heterocycles. The molecule has 0 radical (unpaired) electrons. The number of hydrogen-bond acceptors (Lipinski definition) is 3. The minimum atomic E-state index is -3.93. The summed E-state index contributed by atoms with van der Waals surface area (Å²) < 4.78 is 61.1. The predicted octanol–water partition coefficient (Wildman–Crippen LogP) is 0.793. The first kappa shape index (κ1) is 12.5. The van der Waals surface area contributed by atoms with Crippen molar-refractivity contribution in [3.05, 3.63) is 35.1 Å². The highest BCUT2D eigenvalue weighted by atomic mass is 32.2. The van der Waals surface area contributed by atoms with Crippen LogP contribution in [0.1, 0.15) is 10.4 Å². The molecule has 0 aliphatic rings. The zero-order chi connectivity index (χ0) is 12.5. The largest absolute Gasteiger partial charge is 0.268 e. The molecule has 0 aliphatic carbocycles. The molecule has 8 heteroatoms. The Labute approximate surface area is 89.1 Å². The van der Waals surface area contributed by atoms with E-state index < -0.39 is 38.9 Å². The Bertz CT molecular complexity index is 542. The Morgan fingerprint density at radius 2 is 1.81 bits per heavy atom. The summed E-state index contributed by atoms with van der Waals surface area (Å²) in [6, 6.07) is 0.644. The van der Waals surface area contributed by atoms with E-state index in [-0.39, 0.29) is 6.07 Å². The van der Waals surface area contributed by atoms with Gasteiger partial charge in [0.25, 0.3) is 5.91 Å². The summed E-state index contributed by atoms with van der Waals surface area (Å²) in [5.41, 5.74) is -1.01. The van der Waals surface area contributed by atoms with Crippen LogP contribution in [-0.2, 0) is 10.0 Å². The average molecular weight is 253 g/mol. The van der Waals surface area contributed by atoms with E-state index in [0.717, 1.165) is 0 Å². The minimum Gasteiger partial charge on any atom is -0.268 e. The summed E-state index contributed by atoms with van der Waals surface area (Å²) >= 11 is 0. The van der Waals surface area contributed by atoms with Gasteiger partial charge in [0.2, 0.25) is 10.0 Å². The summed E-state index contributed by atoms with van der Waals surface area (Å²) in [7, 11) is -3.93. The molecule has 0 unspecified atom stereocenters. The van der Waals surface area contributed by atoms with Crippen LogP contribution >= 0.6 is 0 Å². The highest BCUT2D eigenvalue weighted by Gasteiger charge is 2.19. The van der Waals surface area contributed by atoms with Gasteiger partial charge >= 0.3 is 0 Å². The molecule has 4 nitrogen and oxygen atoms in total. The third kappa shape index (κ3) is 2.96. The molecule has 1 N–H and O–H groups in total. The van der Waals surface area contributed by atoms with Gasteiger partial charge < -0.3 is 0 Å². The monoisotopic (exact) mass is 253 g/mol. The number of benzene rings is 1. The van der Waals surface area contributed by atoms with Crippen molar-refractivity contribution in [1.29, 1.82) is 0 Å². The van der Waals surface area contributed by atoms with Crippen LogP contribution in [0.15, 0.2) is 12.1 Å². The molecule has 1 amide bonds. The smallest absolute Gasteiger partial charge is 0.267 e. The minimum absolute atomic E-state index is 0.243. The number of carbonyl (C=O) groups is 1. The van der Waals surface area contributed by atoms with Crippen molar-refractivity contribution in [3.63, 3.8) is 0 Å². The highest BCUT2D eigenvalue weighted by Crippen LogP contribution is 2.14. The van der Waals surface area contributed by atoms with Gasteiger partial charge in [-0.25, -0.2) is 26.3 Å². The van der Waals surface area contributed by atoms with Gasteiger partial charge in [-0.05, 0) is 6.07 Å². The second kappa shape index (κ2) is 4.12. The number of halogens is 3. The molecule has 0 saturated heterocycles.